The molecule has 0 N–H and O–H groups in total. The van der Waals surface area contributed by atoms with Crippen LogP contribution < -0.4 is 11.2 Å². The lowest BCUT2D eigenvalue weighted by Gasteiger charge is -2.14. The molecule has 4 aromatic rings. The van der Waals surface area contributed by atoms with E-state index in [1.807, 2.05) is 6.07 Å². The molecule has 0 aliphatic heterocycles. The summed E-state index contributed by atoms with van der Waals surface area (Å²) < 4.78 is 2.33. The Kier molecular flexibility index (Phi) is 3.61. The molecule has 2 aromatic carbocycles. The van der Waals surface area contributed by atoms with Crippen molar-refractivity contribution in [3.8, 4) is 28.5 Å². The SMILES string of the molecule is Cn1c(=O)c2c(-c3ccc(C#N)cc3)c3c(nc2n(C)c1=O)-c1ccccc1C3=O. The van der Waals surface area contributed by atoms with Crippen molar-refractivity contribution < 1.29 is 4.79 Å². The van der Waals surface area contributed by atoms with E-state index < -0.39 is 11.2 Å². The molecule has 0 bridgehead atoms. The summed E-state index contributed by atoms with van der Waals surface area (Å²) in [7, 11) is 2.95. The van der Waals surface area contributed by atoms with Gasteiger partial charge in [0.05, 0.1) is 28.3 Å². The summed E-state index contributed by atoms with van der Waals surface area (Å²) in [6, 6.07) is 15.9. The molecule has 0 atom stereocenters. The molecule has 5 rings (SSSR count). The van der Waals surface area contributed by atoms with E-state index in [0.29, 0.717) is 39.1 Å². The van der Waals surface area contributed by atoms with Crippen LogP contribution in [0.15, 0.2) is 58.1 Å². The molecular formula is C23H14N4O3. The molecule has 0 saturated heterocycles. The molecule has 1 aliphatic rings. The van der Waals surface area contributed by atoms with Gasteiger partial charge in [-0.15, -0.1) is 0 Å². The van der Waals surface area contributed by atoms with E-state index in [-0.39, 0.29) is 16.8 Å². The summed E-state index contributed by atoms with van der Waals surface area (Å²) in [5, 5.41) is 9.33. The number of hydrogen-bond donors (Lipinski definition) is 0. The maximum Gasteiger partial charge on any atom is 0.332 e. The van der Waals surface area contributed by atoms with E-state index in [1.54, 1.807) is 49.5 Å². The molecule has 0 amide bonds. The first-order valence-electron chi connectivity index (χ1n) is 9.22. The lowest BCUT2D eigenvalue weighted by molar-refractivity contribution is 0.104. The summed E-state index contributed by atoms with van der Waals surface area (Å²) in [4.78, 5) is 43.6. The summed E-state index contributed by atoms with van der Waals surface area (Å²) in [5.74, 6) is -0.217. The highest BCUT2D eigenvalue weighted by molar-refractivity contribution is 6.26. The van der Waals surface area contributed by atoms with Crippen LogP contribution in [-0.2, 0) is 14.1 Å². The topological polar surface area (TPSA) is 97.8 Å². The number of carbonyl (C=O) groups excluding carboxylic acids is 1. The Morgan fingerprint density at radius 3 is 2.20 bits per heavy atom. The Bertz CT molecular complexity index is 1570. The van der Waals surface area contributed by atoms with Crippen molar-refractivity contribution in [3.05, 3.63) is 86.1 Å². The van der Waals surface area contributed by atoms with Gasteiger partial charge in [0.15, 0.2) is 11.4 Å². The van der Waals surface area contributed by atoms with Crippen LogP contribution in [0.3, 0.4) is 0 Å². The van der Waals surface area contributed by atoms with Crippen LogP contribution in [0.5, 0.6) is 0 Å². The number of rotatable bonds is 1. The summed E-state index contributed by atoms with van der Waals surface area (Å²) in [6.07, 6.45) is 0. The van der Waals surface area contributed by atoms with Crippen molar-refractivity contribution in [2.24, 2.45) is 14.1 Å². The predicted octanol–water partition coefficient (Wildman–Crippen LogP) is 2.38. The summed E-state index contributed by atoms with van der Waals surface area (Å²) in [5.41, 5.74) is 2.65. The number of aromatic nitrogens is 3. The van der Waals surface area contributed by atoms with Gasteiger partial charge in [0, 0.05) is 30.8 Å². The van der Waals surface area contributed by atoms with Crippen LogP contribution in [0.25, 0.3) is 33.4 Å². The van der Waals surface area contributed by atoms with Crippen molar-refractivity contribution >= 4 is 16.8 Å². The first-order chi connectivity index (χ1) is 14.4. The van der Waals surface area contributed by atoms with E-state index in [4.69, 9.17) is 5.26 Å². The molecule has 0 fully saturated rings. The van der Waals surface area contributed by atoms with Crippen molar-refractivity contribution in [2.45, 2.75) is 0 Å². The van der Waals surface area contributed by atoms with Gasteiger partial charge in [0.2, 0.25) is 0 Å². The number of aryl methyl sites for hydroxylation is 1. The fourth-order valence-corrected chi connectivity index (χ4v) is 4.03. The second-order valence-corrected chi connectivity index (χ2v) is 7.18. The van der Waals surface area contributed by atoms with E-state index in [1.165, 1.54) is 11.6 Å². The Morgan fingerprint density at radius 1 is 0.867 bits per heavy atom. The number of benzene rings is 2. The van der Waals surface area contributed by atoms with Gasteiger partial charge in [-0.25, -0.2) is 9.78 Å². The van der Waals surface area contributed by atoms with Crippen LogP contribution in [0.2, 0.25) is 0 Å². The number of ketones is 1. The fourth-order valence-electron chi connectivity index (χ4n) is 4.03. The van der Waals surface area contributed by atoms with Gasteiger partial charge in [-0.1, -0.05) is 36.4 Å². The molecule has 0 unspecified atom stereocenters. The molecule has 30 heavy (non-hydrogen) atoms. The highest BCUT2D eigenvalue weighted by atomic mass is 16.2. The molecule has 1 aliphatic carbocycles. The monoisotopic (exact) mass is 394 g/mol. The third-order valence-electron chi connectivity index (χ3n) is 5.54. The van der Waals surface area contributed by atoms with Gasteiger partial charge < -0.3 is 0 Å². The van der Waals surface area contributed by atoms with Crippen molar-refractivity contribution in [1.82, 2.24) is 14.1 Å². The molecule has 0 radical (unpaired) electrons. The number of hydrogen-bond acceptors (Lipinski definition) is 5. The van der Waals surface area contributed by atoms with Crippen LogP contribution in [0.1, 0.15) is 21.5 Å². The number of nitrogens with zero attached hydrogens (tertiary/aromatic N) is 4. The average Bonchev–Trinajstić information content (AvgIpc) is 3.07. The Balaban J connectivity index is 2.04. The fraction of sp³-hybridized carbons (Fsp3) is 0.0870. The smallest absolute Gasteiger partial charge is 0.288 e. The molecule has 0 spiro atoms. The van der Waals surface area contributed by atoms with E-state index in [2.05, 4.69) is 11.1 Å². The van der Waals surface area contributed by atoms with Gasteiger partial charge in [0.1, 0.15) is 0 Å². The highest BCUT2D eigenvalue weighted by Crippen LogP contribution is 2.42. The summed E-state index contributed by atoms with van der Waals surface area (Å²) >= 11 is 0. The second-order valence-electron chi connectivity index (χ2n) is 7.18. The Hall–Kier alpha value is -4.31. The van der Waals surface area contributed by atoms with E-state index in [0.717, 1.165) is 4.57 Å². The summed E-state index contributed by atoms with van der Waals surface area (Å²) in [6.45, 7) is 0. The van der Waals surface area contributed by atoms with Gasteiger partial charge in [-0.05, 0) is 17.7 Å². The second kappa shape index (κ2) is 6.09. The minimum Gasteiger partial charge on any atom is -0.288 e. The lowest BCUT2D eigenvalue weighted by Crippen LogP contribution is -2.37. The van der Waals surface area contributed by atoms with Gasteiger partial charge in [0.25, 0.3) is 5.56 Å². The van der Waals surface area contributed by atoms with Crippen LogP contribution in [0, 0.1) is 11.3 Å². The minimum absolute atomic E-state index is 0.198. The van der Waals surface area contributed by atoms with Gasteiger partial charge in [-0.2, -0.15) is 5.26 Å². The van der Waals surface area contributed by atoms with Gasteiger partial charge >= 0.3 is 5.69 Å². The quantitative estimate of drug-likeness (QED) is 0.435. The van der Waals surface area contributed by atoms with Crippen LogP contribution >= 0.6 is 0 Å². The van der Waals surface area contributed by atoms with Crippen LogP contribution in [-0.4, -0.2) is 19.9 Å². The molecular weight excluding hydrogens is 380 g/mol. The van der Waals surface area contributed by atoms with Crippen LogP contribution in [0.4, 0.5) is 0 Å². The Labute approximate surface area is 170 Å². The maximum atomic E-state index is 13.3. The molecule has 2 heterocycles. The zero-order chi connectivity index (χ0) is 21.2. The first kappa shape index (κ1) is 17.8. The Morgan fingerprint density at radius 2 is 1.53 bits per heavy atom. The normalized spacial score (nSPS) is 12.0. The standard InChI is InChI=1S/C23H14N4O3/c1-26-21-18(22(29)27(2)23(26)30)16(13-9-7-12(11-24)8-10-13)17-19(25-21)14-5-3-4-6-15(14)20(17)28/h3-10H,1-2H3. The lowest BCUT2D eigenvalue weighted by atomic mass is 9.94. The van der Waals surface area contributed by atoms with Crippen molar-refractivity contribution in [2.75, 3.05) is 0 Å². The number of fused-ring (bicyclic) bond motifs is 4. The third kappa shape index (κ3) is 2.19. The number of carbonyl (C=O) groups is 1. The molecule has 7 heteroatoms. The zero-order valence-electron chi connectivity index (χ0n) is 16.1. The maximum absolute atomic E-state index is 13.3. The highest BCUT2D eigenvalue weighted by Gasteiger charge is 2.34. The van der Waals surface area contributed by atoms with Gasteiger partial charge in [-0.3, -0.25) is 18.7 Å². The van der Waals surface area contributed by atoms with Crippen molar-refractivity contribution in [3.63, 3.8) is 0 Å². The first-order valence-corrected chi connectivity index (χ1v) is 9.22. The van der Waals surface area contributed by atoms with Crippen molar-refractivity contribution in [1.29, 1.82) is 5.26 Å². The zero-order valence-corrected chi connectivity index (χ0v) is 16.1. The number of pyridine rings is 1. The van der Waals surface area contributed by atoms with E-state index in [9.17, 15) is 14.4 Å². The predicted molar refractivity (Wildman–Crippen MR) is 111 cm³/mol. The molecule has 2 aromatic heterocycles. The molecule has 144 valence electrons. The minimum atomic E-state index is -0.522. The third-order valence-corrected chi connectivity index (χ3v) is 5.54. The molecule has 0 saturated carbocycles. The molecule has 7 nitrogen and oxygen atoms in total. The number of nitriles is 1. The average molecular weight is 394 g/mol. The van der Waals surface area contributed by atoms with E-state index >= 15 is 0 Å². The largest absolute Gasteiger partial charge is 0.332 e.